The Morgan fingerprint density at radius 2 is 2.08 bits per heavy atom. The Morgan fingerprint density at radius 3 is 2.75 bits per heavy atom. The number of anilines is 1. The van der Waals surface area contributed by atoms with Crippen molar-refractivity contribution in [1.29, 1.82) is 0 Å². The van der Waals surface area contributed by atoms with E-state index in [0.717, 1.165) is 24.0 Å². The number of rotatable bonds is 4. The summed E-state index contributed by atoms with van der Waals surface area (Å²) in [5, 5.41) is 3.49. The lowest BCUT2D eigenvalue weighted by Crippen LogP contribution is -2.46. The zero-order chi connectivity index (χ0) is 17.5. The number of nitrogens with one attached hydrogen (secondary N) is 1. The van der Waals surface area contributed by atoms with Crippen molar-refractivity contribution < 1.29 is 0 Å². The van der Waals surface area contributed by atoms with Crippen molar-refractivity contribution in [2.24, 2.45) is 17.8 Å². The summed E-state index contributed by atoms with van der Waals surface area (Å²) in [5.41, 5.74) is 7.08. The van der Waals surface area contributed by atoms with E-state index < -0.39 is 0 Å². The molecule has 0 spiro atoms. The van der Waals surface area contributed by atoms with E-state index in [2.05, 4.69) is 64.4 Å². The SMILES string of the molecule is C=C(CC)Nc1ccc2c(c1)C1(C)CC(C)CC(C(=C)C)C1CC2. The summed E-state index contributed by atoms with van der Waals surface area (Å²) < 4.78 is 0. The second-order valence-corrected chi connectivity index (χ2v) is 8.51. The van der Waals surface area contributed by atoms with Crippen LogP contribution in [0.4, 0.5) is 5.69 Å². The molecule has 1 aromatic rings. The number of benzene rings is 1. The summed E-state index contributed by atoms with van der Waals surface area (Å²) >= 11 is 0. The molecule has 2 aliphatic rings. The molecule has 1 N–H and O–H groups in total. The molecule has 0 saturated heterocycles. The Bertz CT molecular complexity index is 656. The van der Waals surface area contributed by atoms with E-state index in [9.17, 15) is 0 Å². The van der Waals surface area contributed by atoms with E-state index in [-0.39, 0.29) is 5.41 Å². The first kappa shape index (κ1) is 17.3. The Balaban J connectivity index is 2.02. The molecule has 1 nitrogen and oxygen atoms in total. The monoisotopic (exact) mass is 323 g/mol. The van der Waals surface area contributed by atoms with Crippen LogP contribution in [0.25, 0.3) is 0 Å². The molecule has 0 aliphatic heterocycles. The van der Waals surface area contributed by atoms with Gasteiger partial charge >= 0.3 is 0 Å². The first-order valence-corrected chi connectivity index (χ1v) is 9.58. The molecule has 1 saturated carbocycles. The van der Waals surface area contributed by atoms with E-state index in [1.165, 1.54) is 36.9 Å². The molecule has 24 heavy (non-hydrogen) atoms. The molecule has 0 heterocycles. The van der Waals surface area contributed by atoms with Crippen molar-refractivity contribution in [3.8, 4) is 0 Å². The highest BCUT2D eigenvalue weighted by Gasteiger charge is 2.48. The predicted molar refractivity (Wildman–Crippen MR) is 105 cm³/mol. The fourth-order valence-corrected chi connectivity index (χ4v) is 5.38. The van der Waals surface area contributed by atoms with Crippen molar-refractivity contribution in [3.05, 3.63) is 53.8 Å². The topological polar surface area (TPSA) is 12.0 Å². The lowest BCUT2D eigenvalue weighted by atomic mass is 9.52. The van der Waals surface area contributed by atoms with Crippen LogP contribution >= 0.6 is 0 Å². The number of fused-ring (bicyclic) bond motifs is 3. The van der Waals surface area contributed by atoms with E-state index in [0.29, 0.717) is 5.92 Å². The van der Waals surface area contributed by atoms with Crippen molar-refractivity contribution in [3.63, 3.8) is 0 Å². The third-order valence-electron chi connectivity index (χ3n) is 6.56. The number of hydrogen-bond acceptors (Lipinski definition) is 1. The van der Waals surface area contributed by atoms with Crippen LogP contribution in [0.5, 0.6) is 0 Å². The fraction of sp³-hybridized carbons (Fsp3) is 0.565. The van der Waals surface area contributed by atoms with Crippen LogP contribution in [0.2, 0.25) is 0 Å². The van der Waals surface area contributed by atoms with Gasteiger partial charge < -0.3 is 5.32 Å². The Hall–Kier alpha value is -1.50. The van der Waals surface area contributed by atoms with E-state index in [1.807, 2.05) is 0 Å². The molecule has 1 fully saturated rings. The average molecular weight is 324 g/mol. The van der Waals surface area contributed by atoms with Crippen molar-refractivity contribution in [2.75, 3.05) is 5.32 Å². The zero-order valence-corrected chi connectivity index (χ0v) is 15.9. The number of allylic oxidation sites excluding steroid dienone is 2. The maximum absolute atomic E-state index is 4.34. The molecule has 0 amide bonds. The van der Waals surface area contributed by atoms with E-state index >= 15 is 0 Å². The van der Waals surface area contributed by atoms with Crippen molar-refractivity contribution >= 4 is 5.69 Å². The summed E-state index contributed by atoms with van der Waals surface area (Å²) in [6.45, 7) is 17.8. The molecule has 0 radical (unpaired) electrons. The van der Waals surface area contributed by atoms with Gasteiger partial charge in [-0.2, -0.15) is 0 Å². The van der Waals surface area contributed by atoms with Crippen LogP contribution in [-0.4, -0.2) is 0 Å². The molecule has 0 aromatic heterocycles. The molecular weight excluding hydrogens is 290 g/mol. The average Bonchev–Trinajstić information content (AvgIpc) is 2.53. The fourth-order valence-electron chi connectivity index (χ4n) is 5.38. The molecule has 1 heteroatoms. The summed E-state index contributed by atoms with van der Waals surface area (Å²) in [7, 11) is 0. The molecule has 130 valence electrons. The smallest absolute Gasteiger partial charge is 0.0384 e. The largest absolute Gasteiger partial charge is 0.359 e. The van der Waals surface area contributed by atoms with Crippen LogP contribution in [0.15, 0.2) is 42.6 Å². The Morgan fingerprint density at radius 1 is 1.33 bits per heavy atom. The molecule has 3 rings (SSSR count). The van der Waals surface area contributed by atoms with Gasteiger partial charge in [0.05, 0.1) is 0 Å². The van der Waals surface area contributed by atoms with Gasteiger partial charge in [-0.25, -0.2) is 0 Å². The first-order chi connectivity index (χ1) is 11.3. The van der Waals surface area contributed by atoms with Gasteiger partial charge in [0, 0.05) is 11.4 Å². The maximum atomic E-state index is 4.34. The normalized spacial score (nSPS) is 31.8. The molecular formula is C23H33N. The highest BCUT2D eigenvalue weighted by molar-refractivity contribution is 5.55. The van der Waals surface area contributed by atoms with Gasteiger partial charge in [-0.15, -0.1) is 0 Å². The minimum atomic E-state index is 0.278. The van der Waals surface area contributed by atoms with Gasteiger partial charge in [-0.05, 0) is 85.5 Å². The minimum absolute atomic E-state index is 0.278. The van der Waals surface area contributed by atoms with Gasteiger partial charge in [0.2, 0.25) is 0 Å². The molecule has 2 aliphatic carbocycles. The second-order valence-electron chi connectivity index (χ2n) is 8.51. The highest BCUT2D eigenvalue weighted by atomic mass is 14.9. The lowest BCUT2D eigenvalue weighted by Gasteiger charge is -2.52. The maximum Gasteiger partial charge on any atom is 0.0384 e. The Labute approximate surface area is 148 Å². The molecule has 0 bridgehead atoms. The van der Waals surface area contributed by atoms with Gasteiger partial charge in [-0.1, -0.05) is 45.6 Å². The van der Waals surface area contributed by atoms with Crippen LogP contribution in [0.3, 0.4) is 0 Å². The third-order valence-corrected chi connectivity index (χ3v) is 6.56. The zero-order valence-electron chi connectivity index (χ0n) is 15.9. The first-order valence-electron chi connectivity index (χ1n) is 9.58. The van der Waals surface area contributed by atoms with Crippen LogP contribution < -0.4 is 5.32 Å². The summed E-state index contributed by atoms with van der Waals surface area (Å²) in [6.07, 6.45) is 6.10. The van der Waals surface area contributed by atoms with Crippen LogP contribution in [-0.2, 0) is 11.8 Å². The van der Waals surface area contributed by atoms with Gasteiger partial charge in [0.15, 0.2) is 0 Å². The van der Waals surface area contributed by atoms with Crippen LogP contribution in [0.1, 0.15) is 64.5 Å². The minimum Gasteiger partial charge on any atom is -0.359 e. The van der Waals surface area contributed by atoms with Gasteiger partial charge in [0.25, 0.3) is 0 Å². The molecule has 4 unspecified atom stereocenters. The van der Waals surface area contributed by atoms with Gasteiger partial charge in [0.1, 0.15) is 0 Å². The third kappa shape index (κ3) is 2.94. The number of aryl methyl sites for hydroxylation is 1. The summed E-state index contributed by atoms with van der Waals surface area (Å²) in [6, 6.07) is 6.98. The molecule has 4 atom stereocenters. The standard InChI is InChI=1S/C23H33N/c1-7-17(5)24-19-10-8-18-9-11-21-20(15(2)3)12-16(4)14-23(21,6)22(18)13-19/h8,10,13,16,20-21,24H,2,5,7,9,11-12,14H2,1,3-4,6H3. The molecule has 1 aromatic carbocycles. The quantitative estimate of drug-likeness (QED) is 0.627. The number of hydrogen-bond donors (Lipinski definition) is 1. The lowest BCUT2D eigenvalue weighted by molar-refractivity contribution is 0.0924. The van der Waals surface area contributed by atoms with Gasteiger partial charge in [-0.3, -0.25) is 0 Å². The van der Waals surface area contributed by atoms with E-state index in [4.69, 9.17) is 0 Å². The Kier molecular flexibility index (Phi) is 4.64. The van der Waals surface area contributed by atoms with Crippen LogP contribution in [0, 0.1) is 17.8 Å². The highest BCUT2D eigenvalue weighted by Crippen LogP contribution is 2.55. The van der Waals surface area contributed by atoms with Crippen molar-refractivity contribution in [1.82, 2.24) is 0 Å². The van der Waals surface area contributed by atoms with E-state index in [1.54, 1.807) is 11.1 Å². The summed E-state index contributed by atoms with van der Waals surface area (Å²) in [4.78, 5) is 0. The van der Waals surface area contributed by atoms with Crippen molar-refractivity contribution in [2.45, 2.75) is 65.2 Å². The summed E-state index contributed by atoms with van der Waals surface area (Å²) in [5.74, 6) is 2.18. The second kappa shape index (κ2) is 6.43. The predicted octanol–water partition coefficient (Wildman–Crippen LogP) is 6.46.